The van der Waals surface area contributed by atoms with E-state index in [0.717, 1.165) is 24.8 Å². The average molecular weight is 567 g/mol. The topological polar surface area (TPSA) is 131 Å². The molecule has 0 radical (unpaired) electrons. The molecule has 41 heavy (non-hydrogen) atoms. The first-order valence-corrected chi connectivity index (χ1v) is 13.9. The minimum absolute atomic E-state index is 0.104. The lowest BCUT2D eigenvalue weighted by Crippen LogP contribution is -2.59. The van der Waals surface area contributed by atoms with Gasteiger partial charge in [-0.1, -0.05) is 57.5 Å². The van der Waals surface area contributed by atoms with Gasteiger partial charge in [-0.15, -0.1) is 0 Å². The molecule has 2 N–H and O–H groups in total. The highest BCUT2D eigenvalue weighted by Crippen LogP contribution is 2.42. The quantitative estimate of drug-likeness (QED) is 0.395. The number of ether oxygens (including phenoxy) is 3. The summed E-state index contributed by atoms with van der Waals surface area (Å²) >= 11 is 0. The van der Waals surface area contributed by atoms with Crippen LogP contribution < -0.4 is 14.8 Å². The standard InChI is InChI=1S/C31H38N2O8/c1-31(2,3)28(29(36)33-24-11-7-10-21(24)16-25(33)30(37)38)32-26(34)18-39-22-12-14-23(15-13-22)40-19-27(35)41-17-20-8-5-4-6-9-20/h4-6,8-9,12-15,21,24-25,28H,7,10-11,16-19H2,1-3H3,(H,32,34)(H,37,38)/t21-,24-,25-,28?/m0/s1. The van der Waals surface area contributed by atoms with Crippen molar-refractivity contribution >= 4 is 23.8 Å². The number of nitrogens with one attached hydrogen (secondary N) is 1. The molecule has 220 valence electrons. The number of benzene rings is 2. The van der Waals surface area contributed by atoms with E-state index in [1.807, 2.05) is 51.1 Å². The number of carboxylic acids is 1. The minimum Gasteiger partial charge on any atom is -0.484 e. The smallest absolute Gasteiger partial charge is 0.344 e. The fourth-order valence-electron chi connectivity index (χ4n) is 5.53. The Morgan fingerprint density at radius 3 is 2.20 bits per heavy atom. The van der Waals surface area contributed by atoms with Gasteiger partial charge in [0.1, 0.15) is 30.2 Å². The van der Waals surface area contributed by atoms with Crippen LogP contribution in [0.3, 0.4) is 0 Å². The zero-order chi connectivity index (χ0) is 29.6. The fourth-order valence-corrected chi connectivity index (χ4v) is 5.53. The van der Waals surface area contributed by atoms with Gasteiger partial charge in [0.15, 0.2) is 13.2 Å². The number of nitrogens with zero attached hydrogens (tertiary/aromatic N) is 1. The van der Waals surface area contributed by atoms with Crippen LogP contribution in [0.5, 0.6) is 11.5 Å². The lowest BCUT2D eigenvalue weighted by Gasteiger charge is -2.37. The van der Waals surface area contributed by atoms with Crippen LogP contribution >= 0.6 is 0 Å². The monoisotopic (exact) mass is 566 g/mol. The molecule has 4 rings (SSSR count). The van der Waals surface area contributed by atoms with E-state index in [2.05, 4.69) is 5.32 Å². The summed E-state index contributed by atoms with van der Waals surface area (Å²) in [4.78, 5) is 51.9. The van der Waals surface area contributed by atoms with Crippen molar-refractivity contribution in [3.63, 3.8) is 0 Å². The SMILES string of the molecule is CC(C)(C)C(NC(=O)COc1ccc(OCC(=O)OCc2ccccc2)cc1)C(=O)N1[C@H](C(=O)O)C[C@@H]2CCC[C@@H]21. The summed E-state index contributed by atoms with van der Waals surface area (Å²) in [6, 6.07) is 13.9. The number of likely N-dealkylation sites (tertiary alicyclic amines) is 1. The highest BCUT2D eigenvalue weighted by Gasteiger charge is 2.51. The van der Waals surface area contributed by atoms with Crippen molar-refractivity contribution in [3.05, 3.63) is 60.2 Å². The molecule has 1 unspecified atom stereocenters. The molecular formula is C31H38N2O8. The largest absolute Gasteiger partial charge is 0.484 e. The number of amides is 2. The second kappa shape index (κ2) is 13.1. The van der Waals surface area contributed by atoms with Crippen LogP contribution in [0, 0.1) is 11.3 Å². The fraction of sp³-hybridized carbons (Fsp3) is 0.484. The predicted octanol–water partition coefficient (Wildman–Crippen LogP) is 3.57. The summed E-state index contributed by atoms with van der Waals surface area (Å²) in [6.07, 6.45) is 3.12. The lowest BCUT2D eigenvalue weighted by atomic mass is 9.85. The van der Waals surface area contributed by atoms with Crippen molar-refractivity contribution in [1.82, 2.24) is 10.2 Å². The molecule has 1 heterocycles. The Hall–Kier alpha value is -4.08. The zero-order valence-electron chi connectivity index (χ0n) is 23.7. The van der Waals surface area contributed by atoms with Crippen molar-refractivity contribution in [2.24, 2.45) is 11.3 Å². The van der Waals surface area contributed by atoms with E-state index in [1.165, 1.54) is 4.90 Å². The molecule has 0 aromatic heterocycles. The van der Waals surface area contributed by atoms with E-state index in [-0.39, 0.29) is 37.7 Å². The predicted molar refractivity (Wildman–Crippen MR) is 149 cm³/mol. The van der Waals surface area contributed by atoms with Gasteiger partial charge in [0, 0.05) is 6.04 Å². The van der Waals surface area contributed by atoms with Crippen molar-refractivity contribution in [2.75, 3.05) is 13.2 Å². The van der Waals surface area contributed by atoms with Crippen LogP contribution in [0.25, 0.3) is 0 Å². The number of esters is 1. The van der Waals surface area contributed by atoms with Crippen molar-refractivity contribution in [3.8, 4) is 11.5 Å². The minimum atomic E-state index is -1.01. The first-order chi connectivity index (χ1) is 19.5. The van der Waals surface area contributed by atoms with E-state index in [9.17, 15) is 24.3 Å². The Bertz CT molecular complexity index is 1220. The molecule has 0 bridgehead atoms. The maximum absolute atomic E-state index is 13.7. The van der Waals surface area contributed by atoms with Gasteiger partial charge < -0.3 is 29.5 Å². The third-order valence-electron chi connectivity index (χ3n) is 7.59. The van der Waals surface area contributed by atoms with Gasteiger partial charge in [-0.05, 0) is 60.4 Å². The molecule has 1 saturated heterocycles. The molecule has 10 heteroatoms. The van der Waals surface area contributed by atoms with Gasteiger partial charge in [0.05, 0.1) is 0 Å². The molecule has 2 fully saturated rings. The molecular weight excluding hydrogens is 528 g/mol. The van der Waals surface area contributed by atoms with Gasteiger partial charge in [0.2, 0.25) is 5.91 Å². The zero-order valence-corrected chi connectivity index (χ0v) is 23.7. The van der Waals surface area contributed by atoms with Crippen molar-refractivity contribution in [1.29, 1.82) is 0 Å². The lowest BCUT2D eigenvalue weighted by molar-refractivity contribution is -0.152. The molecule has 1 aliphatic carbocycles. The number of carboxylic acid groups (broad SMARTS) is 1. The molecule has 1 aliphatic heterocycles. The summed E-state index contributed by atoms with van der Waals surface area (Å²) in [6.45, 7) is 5.10. The number of rotatable bonds is 11. The van der Waals surface area contributed by atoms with E-state index >= 15 is 0 Å². The summed E-state index contributed by atoms with van der Waals surface area (Å²) in [5, 5.41) is 12.6. The molecule has 2 amide bonds. The number of hydrogen-bond donors (Lipinski definition) is 2. The molecule has 0 spiro atoms. The Morgan fingerprint density at radius 1 is 0.951 bits per heavy atom. The number of aliphatic carboxylic acids is 1. The van der Waals surface area contributed by atoms with Gasteiger partial charge in [-0.3, -0.25) is 9.59 Å². The molecule has 4 atom stereocenters. The van der Waals surface area contributed by atoms with Gasteiger partial charge >= 0.3 is 11.9 Å². The molecule has 10 nitrogen and oxygen atoms in total. The van der Waals surface area contributed by atoms with Crippen LogP contribution in [0.1, 0.15) is 52.0 Å². The van der Waals surface area contributed by atoms with Crippen LogP contribution in [0.4, 0.5) is 0 Å². The van der Waals surface area contributed by atoms with Crippen LogP contribution in [0.15, 0.2) is 54.6 Å². The van der Waals surface area contributed by atoms with Crippen molar-refractivity contribution in [2.45, 2.75) is 71.2 Å². The van der Waals surface area contributed by atoms with Crippen LogP contribution in [-0.2, 0) is 30.5 Å². The van der Waals surface area contributed by atoms with E-state index in [1.54, 1.807) is 24.3 Å². The first kappa shape index (κ1) is 29.9. The van der Waals surface area contributed by atoms with Crippen LogP contribution in [-0.4, -0.2) is 65.1 Å². The molecule has 2 aromatic rings. The summed E-state index contributed by atoms with van der Waals surface area (Å²) < 4.78 is 16.3. The molecule has 2 aliphatic rings. The van der Waals surface area contributed by atoms with Gasteiger partial charge in [-0.25, -0.2) is 9.59 Å². The summed E-state index contributed by atoms with van der Waals surface area (Å²) in [5.74, 6) is -1.35. The first-order valence-electron chi connectivity index (χ1n) is 13.9. The van der Waals surface area contributed by atoms with E-state index in [0.29, 0.717) is 17.9 Å². The Kier molecular flexibility index (Phi) is 9.52. The number of hydrogen-bond acceptors (Lipinski definition) is 7. The van der Waals surface area contributed by atoms with E-state index < -0.39 is 35.3 Å². The molecule has 2 aromatic carbocycles. The number of carbonyl (C=O) groups excluding carboxylic acids is 3. The second-order valence-corrected chi connectivity index (χ2v) is 11.7. The average Bonchev–Trinajstić information content (AvgIpc) is 3.54. The van der Waals surface area contributed by atoms with Gasteiger partial charge in [0.25, 0.3) is 5.91 Å². The summed E-state index contributed by atoms with van der Waals surface area (Å²) in [5.41, 5.74) is 0.237. The number of fused-ring (bicyclic) bond motifs is 1. The van der Waals surface area contributed by atoms with Crippen molar-refractivity contribution < 1.29 is 38.5 Å². The normalized spacial score (nSPS) is 20.6. The Morgan fingerprint density at radius 2 is 1.59 bits per heavy atom. The maximum atomic E-state index is 13.7. The highest BCUT2D eigenvalue weighted by atomic mass is 16.6. The van der Waals surface area contributed by atoms with E-state index in [4.69, 9.17) is 14.2 Å². The van der Waals surface area contributed by atoms with Gasteiger partial charge in [-0.2, -0.15) is 0 Å². The molecule has 1 saturated carbocycles. The summed E-state index contributed by atoms with van der Waals surface area (Å²) in [7, 11) is 0. The highest BCUT2D eigenvalue weighted by molar-refractivity contribution is 5.92. The maximum Gasteiger partial charge on any atom is 0.344 e. The second-order valence-electron chi connectivity index (χ2n) is 11.7. The Balaban J connectivity index is 1.27. The third kappa shape index (κ3) is 7.77. The third-order valence-corrected chi connectivity index (χ3v) is 7.59. The van der Waals surface area contributed by atoms with Crippen LogP contribution in [0.2, 0.25) is 0 Å². The number of carbonyl (C=O) groups is 4. The Labute approximate surface area is 240 Å².